The summed E-state index contributed by atoms with van der Waals surface area (Å²) in [6, 6.07) is 15.4. The van der Waals surface area contributed by atoms with Gasteiger partial charge in [0.15, 0.2) is 0 Å². The number of anilines is 1. The van der Waals surface area contributed by atoms with Crippen molar-refractivity contribution >= 4 is 17.5 Å². The summed E-state index contributed by atoms with van der Waals surface area (Å²) in [4.78, 5) is 30.8. The van der Waals surface area contributed by atoms with E-state index in [9.17, 15) is 9.59 Å². The van der Waals surface area contributed by atoms with Crippen LogP contribution in [0.5, 0.6) is 0 Å². The lowest BCUT2D eigenvalue weighted by Gasteiger charge is -2.17. The van der Waals surface area contributed by atoms with Gasteiger partial charge in [0, 0.05) is 37.6 Å². The third-order valence-electron chi connectivity index (χ3n) is 5.05. The van der Waals surface area contributed by atoms with Crippen LogP contribution in [0, 0.1) is 12.8 Å². The average Bonchev–Trinajstić information content (AvgIpc) is 3.36. The van der Waals surface area contributed by atoms with Crippen LogP contribution in [0.4, 0.5) is 5.69 Å². The fraction of sp³-hybridized carbons (Fsp3) is 0.273. The molecule has 0 saturated carbocycles. The largest absolute Gasteiger partial charge is 0.354 e. The topological polar surface area (TPSA) is 80.1 Å². The average molecular weight is 389 g/mol. The molecule has 1 fully saturated rings. The van der Waals surface area contributed by atoms with Crippen LogP contribution < -0.4 is 10.2 Å². The van der Waals surface area contributed by atoms with Crippen molar-refractivity contribution < 1.29 is 9.59 Å². The Morgan fingerprint density at radius 1 is 1.14 bits per heavy atom. The van der Waals surface area contributed by atoms with Gasteiger partial charge in [-0.1, -0.05) is 23.8 Å². The molecular formula is C22H23N5O2. The third kappa shape index (κ3) is 4.34. The molecule has 2 amide bonds. The summed E-state index contributed by atoms with van der Waals surface area (Å²) in [5.41, 5.74) is 3.59. The molecule has 29 heavy (non-hydrogen) atoms. The van der Waals surface area contributed by atoms with Crippen molar-refractivity contribution in [3.05, 3.63) is 66.5 Å². The number of carbonyl (C=O) groups is 2. The van der Waals surface area contributed by atoms with E-state index in [2.05, 4.69) is 15.4 Å². The summed E-state index contributed by atoms with van der Waals surface area (Å²) in [5, 5.41) is 7.42. The fourth-order valence-electron chi connectivity index (χ4n) is 3.43. The highest BCUT2D eigenvalue weighted by Gasteiger charge is 2.34. The Morgan fingerprint density at radius 2 is 1.97 bits per heavy atom. The van der Waals surface area contributed by atoms with Gasteiger partial charge in [0.2, 0.25) is 11.8 Å². The van der Waals surface area contributed by atoms with Crippen LogP contribution in [-0.2, 0) is 16.1 Å². The van der Waals surface area contributed by atoms with Gasteiger partial charge in [-0.2, -0.15) is 5.10 Å². The number of nitrogens with one attached hydrogen (secondary N) is 1. The van der Waals surface area contributed by atoms with E-state index in [0.717, 1.165) is 22.6 Å². The SMILES string of the molecule is Cc1ccc(N2CC(C(=O)NCCn3ccc(-c4ccccn4)n3)CC2=O)cc1. The molecule has 1 aliphatic heterocycles. The quantitative estimate of drug-likeness (QED) is 0.702. The second-order valence-electron chi connectivity index (χ2n) is 7.21. The molecule has 0 radical (unpaired) electrons. The highest BCUT2D eigenvalue weighted by molar-refractivity contribution is 6.00. The van der Waals surface area contributed by atoms with Gasteiger partial charge in [0.05, 0.1) is 18.2 Å². The number of aryl methyl sites for hydroxylation is 1. The zero-order valence-electron chi connectivity index (χ0n) is 16.3. The van der Waals surface area contributed by atoms with E-state index in [1.807, 2.05) is 61.7 Å². The molecule has 1 saturated heterocycles. The molecule has 3 heterocycles. The lowest BCUT2D eigenvalue weighted by atomic mass is 10.1. The van der Waals surface area contributed by atoms with E-state index < -0.39 is 0 Å². The van der Waals surface area contributed by atoms with Crippen LogP contribution in [0.3, 0.4) is 0 Å². The van der Waals surface area contributed by atoms with Crippen LogP contribution in [0.25, 0.3) is 11.4 Å². The molecule has 7 nitrogen and oxygen atoms in total. The second-order valence-corrected chi connectivity index (χ2v) is 7.21. The summed E-state index contributed by atoms with van der Waals surface area (Å²) in [6.45, 7) is 3.43. The van der Waals surface area contributed by atoms with Crippen molar-refractivity contribution in [1.82, 2.24) is 20.1 Å². The van der Waals surface area contributed by atoms with Gasteiger partial charge >= 0.3 is 0 Å². The number of hydrogen-bond acceptors (Lipinski definition) is 4. The first kappa shape index (κ1) is 18.9. The van der Waals surface area contributed by atoms with E-state index >= 15 is 0 Å². The molecule has 148 valence electrons. The van der Waals surface area contributed by atoms with Crippen molar-refractivity contribution in [3.63, 3.8) is 0 Å². The number of nitrogens with zero attached hydrogens (tertiary/aromatic N) is 4. The van der Waals surface area contributed by atoms with E-state index in [0.29, 0.717) is 19.6 Å². The molecule has 2 aromatic heterocycles. The number of pyridine rings is 1. The Balaban J connectivity index is 1.29. The minimum atomic E-state index is -0.328. The lowest BCUT2D eigenvalue weighted by molar-refractivity contribution is -0.126. The minimum absolute atomic E-state index is 0.0129. The Bertz CT molecular complexity index is 998. The smallest absolute Gasteiger partial charge is 0.227 e. The summed E-state index contributed by atoms with van der Waals surface area (Å²) < 4.78 is 1.78. The molecule has 1 atom stereocenters. The maximum absolute atomic E-state index is 12.5. The first-order valence-electron chi connectivity index (χ1n) is 9.70. The molecule has 4 rings (SSSR count). The molecule has 0 spiro atoms. The van der Waals surface area contributed by atoms with Gasteiger partial charge in [-0.25, -0.2) is 0 Å². The van der Waals surface area contributed by atoms with Gasteiger partial charge in [-0.15, -0.1) is 0 Å². The second kappa shape index (κ2) is 8.26. The van der Waals surface area contributed by atoms with Gasteiger partial charge in [0.1, 0.15) is 5.69 Å². The van der Waals surface area contributed by atoms with Crippen LogP contribution in [0.1, 0.15) is 12.0 Å². The monoisotopic (exact) mass is 389 g/mol. The number of aromatic nitrogens is 3. The molecule has 0 aliphatic carbocycles. The van der Waals surface area contributed by atoms with Crippen molar-refractivity contribution in [2.45, 2.75) is 19.9 Å². The predicted octanol–water partition coefficient (Wildman–Crippen LogP) is 2.42. The maximum atomic E-state index is 12.5. The first-order chi connectivity index (χ1) is 14.1. The molecule has 1 unspecified atom stereocenters. The van der Waals surface area contributed by atoms with Gasteiger partial charge in [-0.05, 0) is 37.3 Å². The van der Waals surface area contributed by atoms with Crippen LogP contribution >= 0.6 is 0 Å². The predicted molar refractivity (Wildman–Crippen MR) is 110 cm³/mol. The number of amides is 2. The van der Waals surface area contributed by atoms with E-state index in [-0.39, 0.29) is 24.2 Å². The Hall–Kier alpha value is -3.48. The Kier molecular flexibility index (Phi) is 5.37. The molecule has 7 heteroatoms. The van der Waals surface area contributed by atoms with Crippen molar-refractivity contribution in [1.29, 1.82) is 0 Å². The summed E-state index contributed by atoms with van der Waals surface area (Å²) in [5.74, 6) is -0.434. The standard InChI is InChI=1S/C22H23N5O2/c1-16-5-7-18(8-6-16)27-15-17(14-21(27)28)22(29)24-11-13-26-12-9-20(25-26)19-4-2-3-10-23-19/h2-10,12,17H,11,13-15H2,1H3,(H,24,29). The van der Waals surface area contributed by atoms with Crippen molar-refractivity contribution in [3.8, 4) is 11.4 Å². The zero-order chi connectivity index (χ0) is 20.2. The van der Waals surface area contributed by atoms with Gasteiger partial charge < -0.3 is 10.2 Å². The summed E-state index contributed by atoms with van der Waals surface area (Å²) in [7, 11) is 0. The highest BCUT2D eigenvalue weighted by atomic mass is 16.2. The zero-order valence-corrected chi connectivity index (χ0v) is 16.3. The minimum Gasteiger partial charge on any atom is -0.354 e. The van der Waals surface area contributed by atoms with Gasteiger partial charge in [-0.3, -0.25) is 19.3 Å². The van der Waals surface area contributed by atoms with E-state index in [1.165, 1.54) is 0 Å². The molecular weight excluding hydrogens is 366 g/mol. The first-order valence-corrected chi connectivity index (χ1v) is 9.70. The molecule has 1 aromatic carbocycles. The number of carbonyl (C=O) groups excluding carboxylic acids is 2. The Labute approximate surface area is 169 Å². The molecule has 0 bridgehead atoms. The number of hydrogen-bond donors (Lipinski definition) is 1. The van der Waals surface area contributed by atoms with E-state index in [1.54, 1.807) is 15.8 Å². The normalized spacial score (nSPS) is 16.2. The van der Waals surface area contributed by atoms with Crippen LogP contribution in [0.2, 0.25) is 0 Å². The lowest BCUT2D eigenvalue weighted by Crippen LogP contribution is -2.34. The third-order valence-corrected chi connectivity index (χ3v) is 5.05. The number of rotatable bonds is 6. The summed E-state index contributed by atoms with van der Waals surface area (Å²) >= 11 is 0. The van der Waals surface area contributed by atoms with Crippen LogP contribution in [-0.4, -0.2) is 39.7 Å². The fourth-order valence-corrected chi connectivity index (χ4v) is 3.43. The summed E-state index contributed by atoms with van der Waals surface area (Å²) in [6.07, 6.45) is 3.84. The van der Waals surface area contributed by atoms with Crippen LogP contribution in [0.15, 0.2) is 60.9 Å². The van der Waals surface area contributed by atoms with Gasteiger partial charge in [0.25, 0.3) is 0 Å². The molecule has 1 aliphatic rings. The highest BCUT2D eigenvalue weighted by Crippen LogP contribution is 2.25. The maximum Gasteiger partial charge on any atom is 0.227 e. The number of benzene rings is 1. The molecule has 3 aromatic rings. The molecule has 1 N–H and O–H groups in total. The van der Waals surface area contributed by atoms with Crippen molar-refractivity contribution in [2.75, 3.05) is 18.0 Å². The Morgan fingerprint density at radius 3 is 2.72 bits per heavy atom. The van der Waals surface area contributed by atoms with E-state index in [4.69, 9.17) is 0 Å². The van der Waals surface area contributed by atoms with Crippen molar-refractivity contribution in [2.24, 2.45) is 5.92 Å².